The van der Waals surface area contributed by atoms with Gasteiger partial charge in [-0.05, 0) is 38.5 Å². The van der Waals surface area contributed by atoms with Crippen LogP contribution in [0.1, 0.15) is 83.5 Å². The third-order valence-electron chi connectivity index (χ3n) is 5.01. The summed E-state index contributed by atoms with van der Waals surface area (Å²) in [6.07, 6.45) is 14.9. The molecule has 23 heavy (non-hydrogen) atoms. The van der Waals surface area contributed by atoms with Crippen molar-refractivity contribution in [3.8, 4) is 0 Å². The number of hydrogen-bond donors (Lipinski definition) is 2. The minimum Gasteiger partial charge on any atom is -0.393 e. The first-order valence-electron chi connectivity index (χ1n) is 9.83. The standard InChI is InChI=1S/C19H36O4/c20-16(10-6-7-11-18-14-22-18)8-4-2-1-3-5-9-17(21)12-13-19-15-23-19/h16-21H,1-15H2. The molecule has 4 unspecified atom stereocenters. The van der Waals surface area contributed by atoms with E-state index in [-0.39, 0.29) is 12.2 Å². The highest BCUT2D eigenvalue weighted by atomic mass is 16.6. The summed E-state index contributed by atoms with van der Waals surface area (Å²) in [5, 5.41) is 19.8. The van der Waals surface area contributed by atoms with Crippen molar-refractivity contribution in [1.29, 1.82) is 0 Å². The van der Waals surface area contributed by atoms with Crippen molar-refractivity contribution in [2.75, 3.05) is 13.2 Å². The Kier molecular flexibility index (Phi) is 9.50. The van der Waals surface area contributed by atoms with Gasteiger partial charge in [-0.3, -0.25) is 0 Å². The SMILES string of the molecule is OC(CCCCCCCC(O)CCC1CO1)CCCCC1CO1. The predicted molar refractivity (Wildman–Crippen MR) is 91.5 cm³/mol. The van der Waals surface area contributed by atoms with Gasteiger partial charge in [-0.2, -0.15) is 0 Å². The maximum atomic E-state index is 9.94. The van der Waals surface area contributed by atoms with E-state index in [1.807, 2.05) is 0 Å². The van der Waals surface area contributed by atoms with Gasteiger partial charge >= 0.3 is 0 Å². The highest BCUT2D eigenvalue weighted by molar-refractivity contribution is 4.71. The van der Waals surface area contributed by atoms with Gasteiger partial charge in [-0.25, -0.2) is 0 Å². The van der Waals surface area contributed by atoms with Crippen LogP contribution < -0.4 is 0 Å². The molecule has 2 N–H and O–H groups in total. The lowest BCUT2D eigenvalue weighted by molar-refractivity contribution is 0.143. The van der Waals surface area contributed by atoms with E-state index in [9.17, 15) is 10.2 Å². The number of epoxide rings is 2. The zero-order valence-electron chi connectivity index (χ0n) is 14.6. The first-order valence-corrected chi connectivity index (χ1v) is 9.83. The van der Waals surface area contributed by atoms with Crippen LogP contribution in [-0.2, 0) is 9.47 Å². The van der Waals surface area contributed by atoms with E-state index in [4.69, 9.17) is 9.47 Å². The molecule has 0 radical (unpaired) electrons. The minimum absolute atomic E-state index is 0.110. The predicted octanol–water partition coefficient (Wildman–Crippen LogP) is 3.58. The minimum atomic E-state index is -0.137. The fraction of sp³-hybridized carbons (Fsp3) is 1.00. The van der Waals surface area contributed by atoms with Gasteiger partial charge in [0.05, 0.1) is 37.6 Å². The van der Waals surface area contributed by atoms with Gasteiger partial charge in [0, 0.05) is 0 Å². The second kappa shape index (κ2) is 11.4. The molecule has 0 saturated carbocycles. The van der Waals surface area contributed by atoms with Crippen LogP contribution in [0.25, 0.3) is 0 Å². The molecule has 2 heterocycles. The normalized spacial score (nSPS) is 25.3. The van der Waals surface area contributed by atoms with Gasteiger partial charge in [-0.15, -0.1) is 0 Å². The molecule has 2 rings (SSSR count). The van der Waals surface area contributed by atoms with E-state index in [0.29, 0.717) is 12.2 Å². The van der Waals surface area contributed by atoms with E-state index < -0.39 is 0 Å². The quantitative estimate of drug-likeness (QED) is 0.336. The average Bonchev–Trinajstić information content (AvgIpc) is 3.43. The molecule has 2 aliphatic rings. The van der Waals surface area contributed by atoms with E-state index >= 15 is 0 Å². The first kappa shape index (κ1) is 19.2. The number of aliphatic hydroxyl groups excluding tert-OH is 2. The van der Waals surface area contributed by atoms with Crippen molar-refractivity contribution >= 4 is 0 Å². The number of ether oxygens (including phenoxy) is 2. The molecule has 4 atom stereocenters. The fourth-order valence-corrected chi connectivity index (χ4v) is 3.18. The van der Waals surface area contributed by atoms with Gasteiger partial charge in [0.15, 0.2) is 0 Å². The van der Waals surface area contributed by atoms with Gasteiger partial charge in [0.25, 0.3) is 0 Å². The maximum absolute atomic E-state index is 9.94. The third kappa shape index (κ3) is 11.1. The van der Waals surface area contributed by atoms with Crippen LogP contribution >= 0.6 is 0 Å². The Balaban J connectivity index is 1.27. The Morgan fingerprint density at radius 2 is 1.04 bits per heavy atom. The van der Waals surface area contributed by atoms with Gasteiger partial charge in [0.2, 0.25) is 0 Å². The fourth-order valence-electron chi connectivity index (χ4n) is 3.18. The zero-order valence-corrected chi connectivity index (χ0v) is 14.6. The largest absolute Gasteiger partial charge is 0.393 e. The van der Waals surface area contributed by atoms with Crippen LogP contribution in [0.3, 0.4) is 0 Å². The molecule has 0 amide bonds. The second-order valence-electron chi connectivity index (χ2n) is 7.43. The monoisotopic (exact) mass is 328 g/mol. The first-order chi connectivity index (χ1) is 11.2. The summed E-state index contributed by atoms with van der Waals surface area (Å²) >= 11 is 0. The van der Waals surface area contributed by atoms with Gasteiger partial charge in [-0.1, -0.05) is 44.9 Å². The van der Waals surface area contributed by atoms with Crippen molar-refractivity contribution < 1.29 is 19.7 Å². The third-order valence-corrected chi connectivity index (χ3v) is 5.01. The van der Waals surface area contributed by atoms with Crippen molar-refractivity contribution in [1.82, 2.24) is 0 Å². The molecular weight excluding hydrogens is 292 g/mol. The number of rotatable bonds is 16. The molecule has 0 aromatic rings. The molecule has 136 valence electrons. The number of aliphatic hydroxyl groups is 2. The lowest BCUT2D eigenvalue weighted by Crippen LogP contribution is -2.07. The molecule has 4 nitrogen and oxygen atoms in total. The molecule has 2 fully saturated rings. The second-order valence-corrected chi connectivity index (χ2v) is 7.43. The molecular formula is C19H36O4. The van der Waals surface area contributed by atoms with Crippen LogP contribution in [0.5, 0.6) is 0 Å². The summed E-state index contributed by atoms with van der Waals surface area (Å²) in [5.74, 6) is 0. The van der Waals surface area contributed by atoms with E-state index in [1.165, 1.54) is 32.1 Å². The van der Waals surface area contributed by atoms with Crippen LogP contribution in [0.15, 0.2) is 0 Å². The van der Waals surface area contributed by atoms with E-state index in [1.54, 1.807) is 0 Å². The molecule has 0 bridgehead atoms. The van der Waals surface area contributed by atoms with Crippen molar-refractivity contribution in [3.63, 3.8) is 0 Å². The van der Waals surface area contributed by atoms with Crippen LogP contribution in [0.4, 0.5) is 0 Å². The van der Waals surface area contributed by atoms with Crippen LogP contribution in [0, 0.1) is 0 Å². The summed E-state index contributed by atoms with van der Waals surface area (Å²) in [6.45, 7) is 1.85. The summed E-state index contributed by atoms with van der Waals surface area (Å²) in [7, 11) is 0. The van der Waals surface area contributed by atoms with E-state index in [0.717, 1.165) is 64.6 Å². The zero-order chi connectivity index (χ0) is 16.3. The molecule has 2 saturated heterocycles. The Hall–Kier alpha value is -0.160. The van der Waals surface area contributed by atoms with Gasteiger partial charge in [0.1, 0.15) is 0 Å². The number of hydrogen-bond acceptors (Lipinski definition) is 4. The van der Waals surface area contributed by atoms with Crippen molar-refractivity contribution in [3.05, 3.63) is 0 Å². The number of unbranched alkanes of at least 4 members (excludes halogenated alkanes) is 5. The Morgan fingerprint density at radius 1 is 0.609 bits per heavy atom. The summed E-state index contributed by atoms with van der Waals surface area (Å²) in [5.41, 5.74) is 0. The molecule has 4 heteroatoms. The molecule has 0 aromatic carbocycles. The van der Waals surface area contributed by atoms with E-state index in [2.05, 4.69) is 0 Å². The summed E-state index contributed by atoms with van der Waals surface area (Å²) in [6, 6.07) is 0. The van der Waals surface area contributed by atoms with Crippen molar-refractivity contribution in [2.45, 2.75) is 108 Å². The summed E-state index contributed by atoms with van der Waals surface area (Å²) < 4.78 is 10.3. The Morgan fingerprint density at radius 3 is 1.61 bits per heavy atom. The average molecular weight is 328 g/mol. The molecule has 0 spiro atoms. The van der Waals surface area contributed by atoms with Crippen molar-refractivity contribution in [2.24, 2.45) is 0 Å². The van der Waals surface area contributed by atoms with Gasteiger partial charge < -0.3 is 19.7 Å². The lowest BCUT2D eigenvalue weighted by Gasteiger charge is -2.11. The lowest BCUT2D eigenvalue weighted by atomic mass is 10.0. The van der Waals surface area contributed by atoms with Crippen LogP contribution in [0.2, 0.25) is 0 Å². The molecule has 2 aliphatic heterocycles. The smallest absolute Gasteiger partial charge is 0.0810 e. The van der Waals surface area contributed by atoms with Crippen LogP contribution in [-0.4, -0.2) is 47.8 Å². The molecule has 0 aromatic heterocycles. The topological polar surface area (TPSA) is 65.5 Å². The molecule has 0 aliphatic carbocycles. The highest BCUT2D eigenvalue weighted by Gasteiger charge is 2.23. The Bertz CT molecular complexity index is 289. The maximum Gasteiger partial charge on any atom is 0.0810 e. The Labute approximate surface area is 141 Å². The summed E-state index contributed by atoms with van der Waals surface area (Å²) in [4.78, 5) is 0. The highest BCUT2D eigenvalue weighted by Crippen LogP contribution is 2.20.